The SMILES string of the molecule is CCCCC1=CC(C)=CC1.CCCCC1=CC(C)=CC1.[CH3-].[CH3-].[Zr+2]. The number of hydrogen-bond acceptors (Lipinski definition) is 0. The van der Waals surface area contributed by atoms with Crippen molar-refractivity contribution in [2.45, 2.75) is 79.1 Å². The van der Waals surface area contributed by atoms with E-state index in [-0.39, 0.29) is 41.1 Å². The molecule has 1 heteroatoms. The maximum Gasteiger partial charge on any atom is 2.00 e. The van der Waals surface area contributed by atoms with E-state index >= 15 is 0 Å². The van der Waals surface area contributed by atoms with Crippen LogP contribution in [0.2, 0.25) is 0 Å². The summed E-state index contributed by atoms with van der Waals surface area (Å²) in [5.41, 5.74) is 6.15. The van der Waals surface area contributed by atoms with E-state index in [1.807, 2.05) is 0 Å². The van der Waals surface area contributed by atoms with Crippen LogP contribution < -0.4 is 0 Å². The molecular formula is C22H38Zr. The van der Waals surface area contributed by atoms with Crippen LogP contribution >= 0.6 is 0 Å². The van der Waals surface area contributed by atoms with Gasteiger partial charge in [-0.05, 0) is 52.4 Å². The molecule has 0 aromatic rings. The van der Waals surface area contributed by atoms with Crippen molar-refractivity contribution in [1.82, 2.24) is 0 Å². The molecule has 0 nitrogen and oxygen atoms in total. The summed E-state index contributed by atoms with van der Waals surface area (Å²) >= 11 is 0. The van der Waals surface area contributed by atoms with Crippen LogP contribution in [0.25, 0.3) is 0 Å². The van der Waals surface area contributed by atoms with Gasteiger partial charge in [0.05, 0.1) is 0 Å². The molecule has 2 aliphatic carbocycles. The Hall–Kier alpha value is -0.157. The van der Waals surface area contributed by atoms with E-state index in [1.165, 1.54) is 62.5 Å². The van der Waals surface area contributed by atoms with Gasteiger partial charge in [-0.2, -0.15) is 0 Å². The second-order valence-corrected chi connectivity index (χ2v) is 6.12. The Morgan fingerprint density at radius 2 is 1.09 bits per heavy atom. The van der Waals surface area contributed by atoms with Crippen molar-refractivity contribution in [2.24, 2.45) is 0 Å². The van der Waals surface area contributed by atoms with E-state index in [0.29, 0.717) is 0 Å². The predicted molar refractivity (Wildman–Crippen MR) is 105 cm³/mol. The standard InChI is InChI=1S/2C10H16.2CH3.Zr/c2*1-3-4-5-10-7-6-9(2)8-10;;;/h2*6,8H,3-5,7H2,1-2H3;2*1H3;/q;;2*-1;+2. The smallest absolute Gasteiger partial charge is 0.358 e. The van der Waals surface area contributed by atoms with Crippen LogP contribution in [0.5, 0.6) is 0 Å². The van der Waals surface area contributed by atoms with Crippen molar-refractivity contribution in [1.29, 1.82) is 0 Å². The maximum atomic E-state index is 2.33. The minimum Gasteiger partial charge on any atom is -0.358 e. The Balaban J connectivity index is -0.000000308. The third-order valence-corrected chi connectivity index (χ3v) is 3.94. The van der Waals surface area contributed by atoms with Crippen LogP contribution in [0.15, 0.2) is 46.6 Å². The maximum absolute atomic E-state index is 2.33. The van der Waals surface area contributed by atoms with E-state index < -0.39 is 0 Å². The number of unbranched alkanes of at least 4 members (excludes halogenated alkanes) is 2. The zero-order valence-electron chi connectivity index (χ0n) is 16.5. The van der Waals surface area contributed by atoms with Gasteiger partial charge in [0.25, 0.3) is 0 Å². The van der Waals surface area contributed by atoms with Crippen LogP contribution in [-0.2, 0) is 26.2 Å². The molecule has 0 aromatic heterocycles. The fourth-order valence-corrected chi connectivity index (χ4v) is 2.62. The third kappa shape index (κ3) is 12.9. The second-order valence-electron chi connectivity index (χ2n) is 6.12. The van der Waals surface area contributed by atoms with Crippen molar-refractivity contribution < 1.29 is 26.2 Å². The van der Waals surface area contributed by atoms with E-state index in [4.69, 9.17) is 0 Å². The first kappa shape index (κ1) is 27.7. The van der Waals surface area contributed by atoms with Crippen molar-refractivity contribution >= 4 is 0 Å². The molecule has 0 unspecified atom stereocenters. The first-order valence-electron chi connectivity index (χ1n) is 8.38. The molecule has 0 radical (unpaired) electrons. The molecule has 0 aromatic carbocycles. The van der Waals surface area contributed by atoms with E-state index in [1.54, 1.807) is 11.1 Å². The van der Waals surface area contributed by atoms with Crippen molar-refractivity contribution in [3.63, 3.8) is 0 Å². The monoisotopic (exact) mass is 392 g/mol. The molecule has 0 saturated carbocycles. The molecule has 0 fully saturated rings. The van der Waals surface area contributed by atoms with Crippen LogP contribution in [0.3, 0.4) is 0 Å². The number of allylic oxidation sites excluding steroid dienone is 8. The van der Waals surface area contributed by atoms with Gasteiger partial charge in [-0.25, -0.2) is 0 Å². The Labute approximate surface area is 166 Å². The number of hydrogen-bond donors (Lipinski definition) is 0. The summed E-state index contributed by atoms with van der Waals surface area (Å²) in [4.78, 5) is 0. The molecular weight excluding hydrogens is 355 g/mol. The fraction of sp³-hybridized carbons (Fsp3) is 0.545. The van der Waals surface area contributed by atoms with E-state index in [2.05, 4.69) is 52.0 Å². The molecule has 0 heterocycles. The van der Waals surface area contributed by atoms with Crippen molar-refractivity contribution in [3.05, 3.63) is 61.4 Å². The molecule has 0 bridgehead atoms. The Morgan fingerprint density at radius 3 is 1.30 bits per heavy atom. The Kier molecular flexibility index (Phi) is 20.1. The minimum absolute atomic E-state index is 0. The zero-order valence-corrected chi connectivity index (χ0v) is 18.9. The van der Waals surface area contributed by atoms with Gasteiger partial charge in [-0.3, -0.25) is 0 Å². The minimum atomic E-state index is 0. The largest absolute Gasteiger partial charge is 2.00 e. The summed E-state index contributed by atoms with van der Waals surface area (Å²) < 4.78 is 0. The summed E-state index contributed by atoms with van der Waals surface area (Å²) in [7, 11) is 0. The quantitative estimate of drug-likeness (QED) is 0.404. The van der Waals surface area contributed by atoms with E-state index in [9.17, 15) is 0 Å². The predicted octanol–water partition coefficient (Wildman–Crippen LogP) is 7.80. The molecule has 2 aliphatic rings. The van der Waals surface area contributed by atoms with Gasteiger partial charge in [0, 0.05) is 0 Å². The molecule has 130 valence electrons. The zero-order chi connectivity index (χ0) is 14.8. The Bertz CT molecular complexity index is 368. The van der Waals surface area contributed by atoms with Gasteiger partial charge in [0.15, 0.2) is 0 Å². The molecule has 0 N–H and O–H groups in total. The molecule has 0 aliphatic heterocycles. The summed E-state index contributed by atoms with van der Waals surface area (Å²) in [6, 6.07) is 0. The summed E-state index contributed by atoms with van der Waals surface area (Å²) in [5.74, 6) is 0. The van der Waals surface area contributed by atoms with Crippen LogP contribution in [0.4, 0.5) is 0 Å². The first-order chi connectivity index (χ1) is 9.65. The van der Waals surface area contributed by atoms with Gasteiger partial charge in [0.1, 0.15) is 0 Å². The molecule has 2 rings (SSSR count). The first-order valence-corrected chi connectivity index (χ1v) is 8.38. The summed E-state index contributed by atoms with van der Waals surface area (Å²) in [6.07, 6.45) is 19.7. The van der Waals surface area contributed by atoms with Gasteiger partial charge in [0.2, 0.25) is 0 Å². The van der Waals surface area contributed by atoms with Crippen molar-refractivity contribution in [3.8, 4) is 0 Å². The van der Waals surface area contributed by atoms with Crippen LogP contribution in [0.1, 0.15) is 79.1 Å². The van der Waals surface area contributed by atoms with Crippen molar-refractivity contribution in [2.75, 3.05) is 0 Å². The second kappa shape index (κ2) is 16.7. The number of rotatable bonds is 6. The fourth-order valence-electron chi connectivity index (χ4n) is 2.62. The molecule has 0 amide bonds. The molecule has 0 spiro atoms. The van der Waals surface area contributed by atoms with Crippen LogP contribution in [0, 0.1) is 14.9 Å². The van der Waals surface area contributed by atoms with Gasteiger partial charge < -0.3 is 14.9 Å². The molecule has 0 atom stereocenters. The molecule has 23 heavy (non-hydrogen) atoms. The van der Waals surface area contributed by atoms with Gasteiger partial charge in [-0.1, -0.05) is 73.3 Å². The Morgan fingerprint density at radius 1 is 0.739 bits per heavy atom. The molecule has 0 saturated heterocycles. The normalized spacial score (nSPS) is 14.8. The topological polar surface area (TPSA) is 0 Å². The summed E-state index contributed by atoms with van der Waals surface area (Å²) in [5, 5.41) is 0. The third-order valence-electron chi connectivity index (χ3n) is 3.94. The van der Waals surface area contributed by atoms with E-state index in [0.717, 1.165) is 0 Å². The summed E-state index contributed by atoms with van der Waals surface area (Å²) in [6.45, 7) is 8.85. The average molecular weight is 394 g/mol. The van der Waals surface area contributed by atoms with Crippen LogP contribution in [-0.4, -0.2) is 0 Å². The van der Waals surface area contributed by atoms with Gasteiger partial charge >= 0.3 is 26.2 Å². The van der Waals surface area contributed by atoms with Gasteiger partial charge in [-0.15, -0.1) is 0 Å². The average Bonchev–Trinajstić information content (AvgIpc) is 3.03.